The van der Waals surface area contributed by atoms with Crippen LogP contribution < -0.4 is 9.62 Å². The number of nitrogens with one attached hydrogen (secondary N) is 1. The maximum absolute atomic E-state index is 13.6. The summed E-state index contributed by atoms with van der Waals surface area (Å²) in [6, 6.07) is 10.5. The van der Waals surface area contributed by atoms with Crippen molar-refractivity contribution < 1.29 is 18.0 Å². The highest BCUT2D eigenvalue weighted by Crippen LogP contribution is 2.31. The van der Waals surface area contributed by atoms with E-state index in [-0.39, 0.29) is 23.2 Å². The normalized spacial score (nSPS) is 12.2. The van der Waals surface area contributed by atoms with E-state index in [1.165, 1.54) is 23.1 Å². The molecule has 2 aromatic carbocycles. The molecule has 2 aromatic rings. The molecule has 0 heterocycles. The molecular formula is C23H28Cl3N3O4S. The van der Waals surface area contributed by atoms with Gasteiger partial charge in [-0.25, -0.2) is 8.42 Å². The summed E-state index contributed by atoms with van der Waals surface area (Å²) in [5.41, 5.74) is 0.748. The first-order valence-electron chi connectivity index (χ1n) is 10.7. The molecule has 0 aliphatic heterocycles. The van der Waals surface area contributed by atoms with Crippen LogP contribution in [0.2, 0.25) is 15.1 Å². The number of nitrogens with zero attached hydrogens (tertiary/aromatic N) is 2. The Labute approximate surface area is 216 Å². The summed E-state index contributed by atoms with van der Waals surface area (Å²) in [4.78, 5) is 27.8. The molecule has 0 aliphatic carbocycles. The second kappa shape index (κ2) is 12.6. The number of anilines is 1. The quantitative estimate of drug-likeness (QED) is 0.439. The number of halogens is 3. The third-order valence-electron chi connectivity index (χ3n) is 5.09. The molecule has 1 atom stereocenters. The molecule has 2 amide bonds. The van der Waals surface area contributed by atoms with Crippen LogP contribution in [0.15, 0.2) is 42.5 Å². The molecule has 0 saturated carbocycles. The Morgan fingerprint density at radius 2 is 1.71 bits per heavy atom. The average molecular weight is 549 g/mol. The molecule has 186 valence electrons. The van der Waals surface area contributed by atoms with E-state index in [0.29, 0.717) is 28.6 Å². The van der Waals surface area contributed by atoms with Gasteiger partial charge in [0, 0.05) is 23.1 Å². The maximum atomic E-state index is 13.6. The molecule has 1 unspecified atom stereocenters. The largest absolute Gasteiger partial charge is 0.354 e. The van der Waals surface area contributed by atoms with E-state index in [9.17, 15) is 18.0 Å². The second-order valence-electron chi connectivity index (χ2n) is 7.69. The van der Waals surface area contributed by atoms with Crippen molar-refractivity contribution >= 4 is 62.3 Å². The van der Waals surface area contributed by atoms with Crippen molar-refractivity contribution in [1.29, 1.82) is 0 Å². The van der Waals surface area contributed by atoms with Gasteiger partial charge in [0.05, 0.1) is 17.0 Å². The fourth-order valence-electron chi connectivity index (χ4n) is 3.37. The van der Waals surface area contributed by atoms with Crippen LogP contribution in [-0.4, -0.2) is 50.5 Å². The van der Waals surface area contributed by atoms with Gasteiger partial charge in [0.15, 0.2) is 0 Å². The highest BCUT2D eigenvalue weighted by atomic mass is 35.5. The zero-order valence-corrected chi connectivity index (χ0v) is 22.3. The van der Waals surface area contributed by atoms with Crippen LogP contribution in [0.25, 0.3) is 0 Å². The van der Waals surface area contributed by atoms with Crippen molar-refractivity contribution in [1.82, 2.24) is 10.2 Å². The lowest BCUT2D eigenvalue weighted by molar-refractivity contribution is -0.140. The van der Waals surface area contributed by atoms with Crippen LogP contribution >= 0.6 is 34.8 Å². The van der Waals surface area contributed by atoms with E-state index < -0.39 is 28.5 Å². The monoisotopic (exact) mass is 547 g/mol. The summed E-state index contributed by atoms with van der Waals surface area (Å²) < 4.78 is 26.1. The predicted octanol–water partition coefficient (Wildman–Crippen LogP) is 4.75. The molecular weight excluding hydrogens is 521 g/mol. The van der Waals surface area contributed by atoms with Crippen LogP contribution in [0.4, 0.5) is 5.69 Å². The third-order valence-corrected chi connectivity index (χ3v) is 7.12. The number of carbonyl (C=O) groups excluding carboxylic acids is 2. The summed E-state index contributed by atoms with van der Waals surface area (Å²) in [5, 5.41) is 3.66. The molecule has 0 radical (unpaired) electrons. The SMILES string of the molecule is CCCNC(=O)C(CC)N(Cc1ccccc1Cl)C(=O)CN(c1ccc(Cl)cc1Cl)S(C)(=O)=O. The molecule has 1 N–H and O–H groups in total. The van der Waals surface area contributed by atoms with Gasteiger partial charge in [-0.1, -0.05) is 66.8 Å². The molecule has 0 aliphatic rings. The first-order valence-corrected chi connectivity index (χ1v) is 13.7. The third kappa shape index (κ3) is 7.50. The topological polar surface area (TPSA) is 86.8 Å². The summed E-state index contributed by atoms with van der Waals surface area (Å²) in [7, 11) is -3.90. The average Bonchev–Trinajstić information content (AvgIpc) is 2.76. The minimum Gasteiger partial charge on any atom is -0.354 e. The maximum Gasteiger partial charge on any atom is 0.244 e. The smallest absolute Gasteiger partial charge is 0.244 e. The van der Waals surface area contributed by atoms with Gasteiger partial charge >= 0.3 is 0 Å². The first-order chi connectivity index (χ1) is 16.0. The molecule has 7 nitrogen and oxygen atoms in total. The standard InChI is InChI=1S/C23H28Cl3N3O4S/c1-4-12-27-23(31)20(5-2)28(14-16-8-6-7-9-18(16)25)22(30)15-29(34(3,32)33)21-11-10-17(24)13-19(21)26/h6-11,13,20H,4-5,12,14-15H2,1-3H3,(H,27,31). The Morgan fingerprint density at radius 3 is 2.26 bits per heavy atom. The summed E-state index contributed by atoms with van der Waals surface area (Å²) in [5.74, 6) is -0.893. The Hall–Kier alpha value is -2.00. The van der Waals surface area contributed by atoms with Gasteiger partial charge in [0.2, 0.25) is 21.8 Å². The molecule has 11 heteroatoms. The Balaban J connectivity index is 2.47. The van der Waals surface area contributed by atoms with Gasteiger partial charge in [0.25, 0.3) is 0 Å². The van der Waals surface area contributed by atoms with Gasteiger partial charge in [-0.3, -0.25) is 13.9 Å². The van der Waals surface area contributed by atoms with E-state index >= 15 is 0 Å². The number of rotatable bonds is 11. The number of sulfonamides is 1. The lowest BCUT2D eigenvalue weighted by Crippen LogP contribution is -2.52. The van der Waals surface area contributed by atoms with Crippen LogP contribution in [0, 0.1) is 0 Å². The van der Waals surface area contributed by atoms with Gasteiger partial charge in [-0.2, -0.15) is 0 Å². The zero-order chi connectivity index (χ0) is 25.5. The number of amides is 2. The highest BCUT2D eigenvalue weighted by molar-refractivity contribution is 7.92. The van der Waals surface area contributed by atoms with Crippen molar-refractivity contribution in [3.63, 3.8) is 0 Å². The Morgan fingerprint density at radius 1 is 1.03 bits per heavy atom. The fourth-order valence-corrected chi connectivity index (χ4v) is 4.99. The molecule has 0 saturated heterocycles. The van der Waals surface area contributed by atoms with Crippen LogP contribution in [0.3, 0.4) is 0 Å². The van der Waals surface area contributed by atoms with Crippen molar-refractivity contribution in [3.05, 3.63) is 63.1 Å². The summed E-state index contributed by atoms with van der Waals surface area (Å²) in [6.45, 7) is 3.64. The fraction of sp³-hybridized carbons (Fsp3) is 0.391. The summed E-state index contributed by atoms with van der Waals surface area (Å²) in [6.07, 6.45) is 2.04. The number of hydrogen-bond acceptors (Lipinski definition) is 4. The minimum absolute atomic E-state index is 0.0303. The van der Waals surface area contributed by atoms with E-state index in [0.717, 1.165) is 17.0 Å². The lowest BCUT2D eigenvalue weighted by Gasteiger charge is -2.33. The Kier molecular flexibility index (Phi) is 10.5. The highest BCUT2D eigenvalue weighted by Gasteiger charge is 2.32. The van der Waals surface area contributed by atoms with E-state index in [1.54, 1.807) is 31.2 Å². The predicted molar refractivity (Wildman–Crippen MR) is 138 cm³/mol. The van der Waals surface area contributed by atoms with Gasteiger partial charge < -0.3 is 10.2 Å². The minimum atomic E-state index is -3.90. The van der Waals surface area contributed by atoms with Crippen molar-refractivity contribution in [2.24, 2.45) is 0 Å². The molecule has 0 spiro atoms. The van der Waals surface area contributed by atoms with E-state index in [2.05, 4.69) is 5.32 Å². The molecule has 0 fully saturated rings. The van der Waals surface area contributed by atoms with Crippen molar-refractivity contribution in [2.75, 3.05) is 23.7 Å². The van der Waals surface area contributed by atoms with E-state index in [4.69, 9.17) is 34.8 Å². The van der Waals surface area contributed by atoms with Crippen LogP contribution in [0.1, 0.15) is 32.3 Å². The van der Waals surface area contributed by atoms with Crippen LogP contribution in [0.5, 0.6) is 0 Å². The van der Waals surface area contributed by atoms with Gasteiger partial charge in [0.1, 0.15) is 12.6 Å². The van der Waals surface area contributed by atoms with Gasteiger partial charge in [-0.15, -0.1) is 0 Å². The molecule has 34 heavy (non-hydrogen) atoms. The molecule has 0 aromatic heterocycles. The number of hydrogen-bond donors (Lipinski definition) is 1. The van der Waals surface area contributed by atoms with Crippen molar-refractivity contribution in [2.45, 2.75) is 39.3 Å². The lowest BCUT2D eigenvalue weighted by atomic mass is 10.1. The summed E-state index contributed by atoms with van der Waals surface area (Å²) >= 11 is 18.5. The second-order valence-corrected chi connectivity index (χ2v) is 10.9. The van der Waals surface area contributed by atoms with Crippen molar-refractivity contribution in [3.8, 4) is 0 Å². The first kappa shape index (κ1) is 28.2. The zero-order valence-electron chi connectivity index (χ0n) is 19.2. The molecule has 0 bridgehead atoms. The van der Waals surface area contributed by atoms with E-state index in [1.807, 2.05) is 6.92 Å². The number of carbonyl (C=O) groups is 2. The number of benzene rings is 2. The van der Waals surface area contributed by atoms with Gasteiger partial charge in [-0.05, 0) is 42.7 Å². The molecule has 2 rings (SSSR count). The Bertz CT molecular complexity index is 1130. The van der Waals surface area contributed by atoms with Crippen LogP contribution in [-0.2, 0) is 26.2 Å².